The van der Waals surface area contributed by atoms with Crippen LogP contribution in [0.3, 0.4) is 0 Å². The molecule has 0 aliphatic rings. The lowest BCUT2D eigenvalue weighted by Crippen LogP contribution is -2.41. The molecule has 1 atom stereocenters. The summed E-state index contributed by atoms with van der Waals surface area (Å²) in [7, 11) is 0. The zero-order valence-corrected chi connectivity index (χ0v) is 16.9. The summed E-state index contributed by atoms with van der Waals surface area (Å²) in [6.07, 6.45) is -0.713. The van der Waals surface area contributed by atoms with Crippen LogP contribution in [0.25, 0.3) is 0 Å². The van der Waals surface area contributed by atoms with Crippen molar-refractivity contribution in [3.8, 4) is 5.75 Å². The van der Waals surface area contributed by atoms with Gasteiger partial charge in [-0.25, -0.2) is 0 Å². The number of rotatable bonds is 5. The molecule has 5 nitrogen and oxygen atoms in total. The zero-order valence-electron chi connectivity index (χ0n) is 15.3. The van der Waals surface area contributed by atoms with Crippen molar-refractivity contribution < 1.29 is 14.3 Å². The number of ether oxygens (including phenoxy) is 1. The molecule has 1 unspecified atom stereocenters. The average Bonchev–Trinajstić information content (AvgIpc) is 2.55. The van der Waals surface area contributed by atoms with E-state index in [1.807, 2.05) is 32.9 Å². The summed E-state index contributed by atoms with van der Waals surface area (Å²) in [5.74, 6) is 0.0217. The molecule has 0 spiro atoms. The van der Waals surface area contributed by atoms with Crippen molar-refractivity contribution in [3.05, 3.63) is 58.6 Å². The maximum atomic E-state index is 12.5. The van der Waals surface area contributed by atoms with Crippen molar-refractivity contribution in [2.45, 2.75) is 39.3 Å². The third-order valence-corrected chi connectivity index (χ3v) is 3.94. The third-order valence-electron chi connectivity index (χ3n) is 3.41. The van der Waals surface area contributed by atoms with E-state index in [-0.39, 0.29) is 17.4 Å². The van der Waals surface area contributed by atoms with Gasteiger partial charge in [-0.3, -0.25) is 9.59 Å². The second kappa shape index (κ2) is 8.36. The first-order valence-electron chi connectivity index (χ1n) is 8.30. The smallest absolute Gasteiger partial charge is 0.265 e. The number of nitrogens with one attached hydrogen (secondary N) is 2. The van der Waals surface area contributed by atoms with Gasteiger partial charge in [0.2, 0.25) is 0 Å². The molecule has 0 bridgehead atoms. The Kier molecular flexibility index (Phi) is 6.42. The van der Waals surface area contributed by atoms with Gasteiger partial charge in [-0.2, -0.15) is 0 Å². The van der Waals surface area contributed by atoms with Crippen LogP contribution in [0.4, 0.5) is 5.69 Å². The number of benzene rings is 2. The van der Waals surface area contributed by atoms with Gasteiger partial charge in [0.15, 0.2) is 6.10 Å². The molecule has 2 aromatic rings. The Labute approximate surface area is 162 Å². The molecule has 2 N–H and O–H groups in total. The van der Waals surface area contributed by atoms with Crippen LogP contribution in [0.2, 0.25) is 0 Å². The molecule has 138 valence electrons. The number of para-hydroxylation sites is 1. The molecule has 0 aromatic heterocycles. The van der Waals surface area contributed by atoms with Crippen molar-refractivity contribution in [3.63, 3.8) is 0 Å². The first-order valence-corrected chi connectivity index (χ1v) is 9.09. The van der Waals surface area contributed by atoms with Crippen LogP contribution in [-0.2, 0) is 4.79 Å². The van der Waals surface area contributed by atoms with Crippen LogP contribution in [0.15, 0.2) is 53.0 Å². The Hall–Kier alpha value is -2.34. The van der Waals surface area contributed by atoms with Crippen molar-refractivity contribution in [1.29, 1.82) is 0 Å². The maximum absolute atomic E-state index is 12.5. The highest BCUT2D eigenvalue weighted by atomic mass is 79.9. The van der Waals surface area contributed by atoms with Gasteiger partial charge in [0.25, 0.3) is 11.8 Å². The van der Waals surface area contributed by atoms with Gasteiger partial charge in [-0.1, -0.05) is 28.1 Å². The van der Waals surface area contributed by atoms with E-state index in [2.05, 4.69) is 26.6 Å². The SMILES string of the molecule is CC(Oc1ccc(Br)cc1)C(=O)Nc1ccccc1C(=O)NC(C)(C)C. The Morgan fingerprint density at radius 2 is 1.65 bits per heavy atom. The summed E-state index contributed by atoms with van der Waals surface area (Å²) < 4.78 is 6.58. The normalized spacial score (nSPS) is 12.2. The molecular formula is C20H23BrN2O3. The molecule has 0 saturated heterocycles. The second-order valence-electron chi connectivity index (χ2n) is 6.95. The first-order chi connectivity index (χ1) is 12.2. The van der Waals surface area contributed by atoms with E-state index in [1.54, 1.807) is 43.3 Å². The van der Waals surface area contributed by atoms with Crippen LogP contribution in [0, 0.1) is 0 Å². The highest BCUT2D eigenvalue weighted by Gasteiger charge is 2.21. The Balaban J connectivity index is 2.08. The molecular weight excluding hydrogens is 396 g/mol. The molecule has 0 radical (unpaired) electrons. The standard InChI is InChI=1S/C20H23BrN2O3/c1-13(26-15-11-9-14(21)10-12-15)18(24)22-17-8-6-5-7-16(17)19(25)23-20(2,3)4/h5-13H,1-4H3,(H,22,24)(H,23,25). The Bertz CT molecular complexity index is 782. The van der Waals surface area contributed by atoms with Gasteiger partial charge in [0, 0.05) is 10.0 Å². The van der Waals surface area contributed by atoms with Crippen LogP contribution < -0.4 is 15.4 Å². The maximum Gasteiger partial charge on any atom is 0.265 e. The van der Waals surface area contributed by atoms with E-state index in [0.717, 1.165) is 4.47 Å². The molecule has 0 aliphatic carbocycles. The summed E-state index contributed by atoms with van der Waals surface area (Å²) >= 11 is 3.35. The minimum absolute atomic E-state index is 0.241. The van der Waals surface area contributed by atoms with Gasteiger partial charge < -0.3 is 15.4 Å². The van der Waals surface area contributed by atoms with E-state index in [9.17, 15) is 9.59 Å². The lowest BCUT2D eigenvalue weighted by Gasteiger charge is -2.22. The van der Waals surface area contributed by atoms with Gasteiger partial charge in [-0.05, 0) is 64.1 Å². The number of hydrogen-bond donors (Lipinski definition) is 2. The molecule has 26 heavy (non-hydrogen) atoms. The summed E-state index contributed by atoms with van der Waals surface area (Å²) in [4.78, 5) is 24.9. The molecule has 0 heterocycles. The number of carbonyl (C=O) groups excluding carboxylic acids is 2. The predicted octanol–water partition coefficient (Wildman–Crippen LogP) is 4.38. The molecule has 0 saturated carbocycles. The molecule has 0 aliphatic heterocycles. The van der Waals surface area contributed by atoms with Crippen LogP contribution in [0.1, 0.15) is 38.1 Å². The molecule has 6 heteroatoms. The quantitative estimate of drug-likeness (QED) is 0.756. The Morgan fingerprint density at radius 1 is 1.04 bits per heavy atom. The predicted molar refractivity (Wildman–Crippen MR) is 107 cm³/mol. The van der Waals surface area contributed by atoms with E-state index >= 15 is 0 Å². The average molecular weight is 419 g/mol. The van der Waals surface area contributed by atoms with E-state index in [1.165, 1.54) is 0 Å². The van der Waals surface area contributed by atoms with Crippen molar-refractivity contribution in [2.24, 2.45) is 0 Å². The fourth-order valence-electron chi connectivity index (χ4n) is 2.20. The molecule has 2 amide bonds. The van der Waals surface area contributed by atoms with Gasteiger partial charge in [-0.15, -0.1) is 0 Å². The van der Waals surface area contributed by atoms with E-state index in [0.29, 0.717) is 17.0 Å². The van der Waals surface area contributed by atoms with Crippen LogP contribution >= 0.6 is 15.9 Å². The number of anilines is 1. The fourth-order valence-corrected chi connectivity index (χ4v) is 2.47. The summed E-state index contributed by atoms with van der Waals surface area (Å²) in [6, 6.07) is 14.1. The van der Waals surface area contributed by atoms with Crippen molar-refractivity contribution in [2.75, 3.05) is 5.32 Å². The van der Waals surface area contributed by atoms with Gasteiger partial charge in [0.1, 0.15) is 5.75 Å². The van der Waals surface area contributed by atoms with Crippen LogP contribution in [0.5, 0.6) is 5.75 Å². The van der Waals surface area contributed by atoms with E-state index < -0.39 is 6.10 Å². The molecule has 2 rings (SSSR count). The largest absolute Gasteiger partial charge is 0.481 e. The monoisotopic (exact) mass is 418 g/mol. The summed E-state index contributed by atoms with van der Waals surface area (Å²) in [5.41, 5.74) is 0.490. The number of hydrogen-bond acceptors (Lipinski definition) is 3. The first kappa shape index (κ1) is 20.0. The topological polar surface area (TPSA) is 67.4 Å². The summed E-state index contributed by atoms with van der Waals surface area (Å²) in [5, 5.41) is 5.67. The second-order valence-corrected chi connectivity index (χ2v) is 7.87. The molecule has 0 fully saturated rings. The lowest BCUT2D eigenvalue weighted by molar-refractivity contribution is -0.122. The highest BCUT2D eigenvalue weighted by molar-refractivity contribution is 9.10. The number of amides is 2. The molecule has 2 aromatic carbocycles. The zero-order chi connectivity index (χ0) is 19.3. The van der Waals surface area contributed by atoms with Crippen LogP contribution in [-0.4, -0.2) is 23.5 Å². The lowest BCUT2D eigenvalue weighted by atomic mass is 10.1. The fraction of sp³-hybridized carbons (Fsp3) is 0.300. The van der Waals surface area contributed by atoms with E-state index in [4.69, 9.17) is 4.74 Å². The minimum atomic E-state index is -0.713. The minimum Gasteiger partial charge on any atom is -0.481 e. The number of halogens is 1. The Morgan fingerprint density at radius 3 is 2.27 bits per heavy atom. The van der Waals surface area contributed by atoms with Gasteiger partial charge >= 0.3 is 0 Å². The highest BCUT2D eigenvalue weighted by Crippen LogP contribution is 2.19. The van der Waals surface area contributed by atoms with Crippen molar-refractivity contribution >= 4 is 33.4 Å². The van der Waals surface area contributed by atoms with Crippen molar-refractivity contribution in [1.82, 2.24) is 5.32 Å². The third kappa shape index (κ3) is 5.88. The van der Waals surface area contributed by atoms with Gasteiger partial charge in [0.05, 0.1) is 11.3 Å². The summed E-state index contributed by atoms with van der Waals surface area (Å²) in [6.45, 7) is 7.37. The number of carbonyl (C=O) groups is 2.